The van der Waals surface area contributed by atoms with E-state index in [1.165, 1.54) is 19.8 Å². The smallest absolute Gasteiger partial charge is 0.0356 e. The van der Waals surface area contributed by atoms with Gasteiger partial charge in [-0.3, -0.25) is 0 Å². The fraction of sp³-hybridized carbons (Fsp3) is 0.231. The van der Waals surface area contributed by atoms with E-state index < -0.39 is 0 Å². The van der Waals surface area contributed by atoms with Gasteiger partial charge in [-0.25, -0.2) is 0 Å². The second-order valence-electron chi connectivity index (χ2n) is 3.53. The van der Waals surface area contributed by atoms with Crippen LogP contribution in [0.5, 0.6) is 0 Å². The number of hydrogen-bond donors (Lipinski definition) is 0. The third kappa shape index (κ3) is 2.06. The lowest BCUT2D eigenvalue weighted by Crippen LogP contribution is -2.19. The van der Waals surface area contributed by atoms with Gasteiger partial charge in [0.25, 0.3) is 0 Å². The molecule has 1 aromatic carbocycles. The molecule has 0 saturated heterocycles. The summed E-state index contributed by atoms with van der Waals surface area (Å²) < 4.78 is 3.65. The monoisotopic (exact) mass is 314 g/mol. The lowest BCUT2D eigenvalue weighted by atomic mass is 10.2. The normalized spacial score (nSPS) is 14.6. The van der Waals surface area contributed by atoms with Crippen molar-refractivity contribution >= 4 is 60.1 Å². The maximum absolute atomic E-state index is 6.34. The van der Waals surface area contributed by atoms with Crippen LogP contribution in [-0.4, -0.2) is 0 Å². The molecule has 0 N–H and O–H groups in total. The average molecular weight is 316 g/mol. The Morgan fingerprint density at radius 1 is 1.50 bits per heavy atom. The van der Waals surface area contributed by atoms with Crippen molar-refractivity contribution < 1.29 is 0 Å². The third-order valence-corrected chi connectivity index (χ3v) is 4.71. The fourth-order valence-electron chi connectivity index (χ4n) is 1.75. The van der Waals surface area contributed by atoms with Gasteiger partial charge in [0.1, 0.15) is 0 Å². The van der Waals surface area contributed by atoms with Crippen LogP contribution in [0.1, 0.15) is 20.3 Å². The fourth-order valence-corrected chi connectivity index (χ4v) is 3.47. The summed E-state index contributed by atoms with van der Waals surface area (Å²) in [5.41, 5.74) is 0. The van der Waals surface area contributed by atoms with Crippen molar-refractivity contribution in [2.24, 2.45) is 0 Å². The summed E-state index contributed by atoms with van der Waals surface area (Å²) in [5, 5.41) is 3.39. The molecule has 0 aliphatic rings. The van der Waals surface area contributed by atoms with E-state index in [9.17, 15) is 0 Å². The van der Waals surface area contributed by atoms with Gasteiger partial charge >= 0.3 is 0 Å². The maximum Gasteiger partial charge on any atom is 0.0356 e. The molecule has 0 radical (unpaired) electrons. The second-order valence-corrected chi connectivity index (χ2v) is 5.98. The van der Waals surface area contributed by atoms with Crippen molar-refractivity contribution in [1.29, 1.82) is 0 Å². The van der Waals surface area contributed by atoms with Crippen LogP contribution in [0.2, 0.25) is 0 Å². The van der Waals surface area contributed by atoms with Gasteiger partial charge in [-0.05, 0) is 31.5 Å². The van der Waals surface area contributed by atoms with Crippen LogP contribution >= 0.6 is 38.9 Å². The van der Waals surface area contributed by atoms with Crippen LogP contribution in [0.25, 0.3) is 21.2 Å². The van der Waals surface area contributed by atoms with Crippen LogP contribution in [0.4, 0.5) is 0 Å². The minimum Gasteiger partial charge on any atom is -0.135 e. The predicted octanol–water partition coefficient (Wildman–Crippen LogP) is 4.22. The second kappa shape index (κ2) is 4.91. The van der Waals surface area contributed by atoms with Gasteiger partial charge in [-0.1, -0.05) is 40.5 Å². The Kier molecular flexibility index (Phi) is 3.73. The summed E-state index contributed by atoms with van der Waals surface area (Å²) in [4.78, 5) is 0. The first kappa shape index (κ1) is 12.2. The molecule has 2 rings (SSSR count). The summed E-state index contributed by atoms with van der Waals surface area (Å²) in [7, 11) is 0. The number of halogens is 2. The molecule has 0 atom stereocenters. The van der Waals surface area contributed by atoms with E-state index in [0.29, 0.717) is 0 Å². The highest BCUT2D eigenvalue weighted by Crippen LogP contribution is 2.20. The van der Waals surface area contributed by atoms with E-state index in [0.717, 1.165) is 15.9 Å². The van der Waals surface area contributed by atoms with E-state index >= 15 is 0 Å². The molecule has 2 aromatic rings. The van der Waals surface area contributed by atoms with E-state index in [4.69, 9.17) is 11.6 Å². The minimum atomic E-state index is 0.876. The van der Waals surface area contributed by atoms with Crippen LogP contribution < -0.4 is 9.75 Å². The number of rotatable bonds is 1. The molecule has 0 spiro atoms. The molecular formula is C13H12BrClS. The molecule has 0 saturated carbocycles. The number of hydrogen-bond acceptors (Lipinski definition) is 1. The summed E-state index contributed by atoms with van der Waals surface area (Å²) >= 11 is 11.6. The van der Waals surface area contributed by atoms with Crippen LogP contribution in [0.15, 0.2) is 22.7 Å². The third-order valence-electron chi connectivity index (χ3n) is 2.52. The Labute approximate surface area is 112 Å². The first-order valence-corrected chi connectivity index (χ1v) is 7.19. The average Bonchev–Trinajstić information content (AvgIpc) is 2.65. The van der Waals surface area contributed by atoms with Crippen LogP contribution in [0, 0.1) is 0 Å². The number of benzene rings is 1. The van der Waals surface area contributed by atoms with Gasteiger partial charge in [0.05, 0.1) is 0 Å². The minimum absolute atomic E-state index is 0.876. The largest absolute Gasteiger partial charge is 0.135 e. The molecule has 0 aliphatic carbocycles. The summed E-state index contributed by atoms with van der Waals surface area (Å²) in [6.45, 7) is 4.15. The summed E-state index contributed by atoms with van der Waals surface area (Å²) in [6, 6.07) is 6.36. The van der Waals surface area contributed by atoms with E-state index in [1.807, 2.05) is 0 Å². The summed E-state index contributed by atoms with van der Waals surface area (Å²) in [5.74, 6) is 0. The van der Waals surface area contributed by atoms with Gasteiger partial charge in [0, 0.05) is 29.3 Å². The highest BCUT2D eigenvalue weighted by atomic mass is 79.9. The van der Waals surface area contributed by atoms with E-state index in [2.05, 4.69) is 54.1 Å². The molecule has 0 nitrogen and oxygen atoms in total. The molecule has 0 fully saturated rings. The van der Waals surface area contributed by atoms with Gasteiger partial charge < -0.3 is 0 Å². The zero-order valence-electron chi connectivity index (χ0n) is 9.18. The van der Waals surface area contributed by atoms with Gasteiger partial charge in [0.2, 0.25) is 0 Å². The Morgan fingerprint density at radius 3 is 2.88 bits per heavy atom. The van der Waals surface area contributed by atoms with Crippen molar-refractivity contribution in [3.63, 3.8) is 0 Å². The van der Waals surface area contributed by atoms with E-state index in [-0.39, 0.29) is 0 Å². The molecule has 0 amide bonds. The Bertz CT molecular complexity index is 640. The van der Waals surface area contributed by atoms with Crippen molar-refractivity contribution in [2.45, 2.75) is 20.3 Å². The molecule has 0 aliphatic heterocycles. The molecule has 3 heteroatoms. The zero-order valence-corrected chi connectivity index (χ0v) is 12.3. The Balaban J connectivity index is 3.05. The maximum atomic E-state index is 6.34. The van der Waals surface area contributed by atoms with Crippen molar-refractivity contribution in [1.82, 2.24) is 0 Å². The summed E-state index contributed by atoms with van der Waals surface area (Å²) in [6.07, 6.45) is 3.01. The topological polar surface area (TPSA) is 0 Å². The number of fused-ring (bicyclic) bond motifs is 1. The first-order chi connectivity index (χ1) is 7.67. The van der Waals surface area contributed by atoms with Crippen LogP contribution in [0.3, 0.4) is 0 Å². The van der Waals surface area contributed by atoms with Gasteiger partial charge in [0.15, 0.2) is 0 Å². The van der Waals surface area contributed by atoms with E-state index in [1.54, 1.807) is 11.3 Å². The molecule has 16 heavy (non-hydrogen) atoms. The van der Waals surface area contributed by atoms with Gasteiger partial charge in [-0.2, -0.15) is 0 Å². The zero-order chi connectivity index (χ0) is 11.7. The molecule has 1 heterocycles. The highest BCUT2D eigenvalue weighted by Gasteiger charge is 2.04. The van der Waals surface area contributed by atoms with Crippen LogP contribution in [-0.2, 0) is 0 Å². The molecular weight excluding hydrogens is 304 g/mol. The molecule has 84 valence electrons. The lowest BCUT2D eigenvalue weighted by Gasteiger charge is -1.94. The van der Waals surface area contributed by atoms with Crippen molar-refractivity contribution in [3.05, 3.63) is 32.4 Å². The number of thiophene rings is 1. The predicted molar refractivity (Wildman–Crippen MR) is 78.5 cm³/mol. The van der Waals surface area contributed by atoms with Gasteiger partial charge in [-0.15, -0.1) is 11.3 Å². The van der Waals surface area contributed by atoms with Crippen molar-refractivity contribution in [2.75, 3.05) is 0 Å². The molecule has 0 bridgehead atoms. The highest BCUT2D eigenvalue weighted by molar-refractivity contribution is 9.10. The quantitative estimate of drug-likeness (QED) is 0.739. The first-order valence-electron chi connectivity index (χ1n) is 5.20. The Morgan fingerprint density at radius 2 is 2.25 bits per heavy atom. The Hall–Kier alpha value is -0.310. The molecule has 1 aromatic heterocycles. The van der Waals surface area contributed by atoms with Crippen molar-refractivity contribution in [3.8, 4) is 0 Å². The molecule has 0 unspecified atom stereocenters. The lowest BCUT2D eigenvalue weighted by molar-refractivity contribution is 1.27. The SMILES string of the molecule is C/C=c1/sc2ccc(Br)cc2/c1=C(\Cl)CC. The standard InChI is InChI=1S/C13H12BrClS/c1-3-10(15)13-9-7-8(14)5-6-12(9)16-11(13)4-2/h4-7H,3H2,1-2H3/b11-4+,13-10+.